The molecular weight excluding hydrogens is 252 g/mol. The lowest BCUT2D eigenvalue weighted by atomic mass is 10.0. The molecule has 0 spiro atoms. The van der Waals surface area contributed by atoms with Crippen LogP contribution in [0.15, 0.2) is 18.2 Å². The van der Waals surface area contributed by atoms with Gasteiger partial charge in [0.05, 0.1) is 10.6 Å². The molecule has 18 heavy (non-hydrogen) atoms. The number of carbonyl (C=O) groups is 1. The number of piperidine rings is 1. The molecule has 1 aromatic carbocycles. The smallest absolute Gasteiger partial charge is 0.253 e. The van der Waals surface area contributed by atoms with Crippen molar-refractivity contribution in [1.29, 1.82) is 0 Å². The highest BCUT2D eigenvalue weighted by molar-refractivity contribution is 6.33. The van der Waals surface area contributed by atoms with E-state index in [1.807, 2.05) is 0 Å². The molecule has 0 radical (unpaired) electrons. The van der Waals surface area contributed by atoms with E-state index < -0.39 is 0 Å². The normalized spacial score (nSPS) is 23.7. The zero-order chi connectivity index (χ0) is 13.1. The number of amides is 1. The van der Waals surface area contributed by atoms with Crippen molar-refractivity contribution in [2.75, 3.05) is 6.54 Å². The summed E-state index contributed by atoms with van der Waals surface area (Å²) >= 11 is 5.95. The summed E-state index contributed by atoms with van der Waals surface area (Å²) in [6.07, 6.45) is 1.81. The van der Waals surface area contributed by atoms with Gasteiger partial charge in [-0.25, -0.2) is 0 Å². The maximum Gasteiger partial charge on any atom is 0.253 e. The number of phenolic OH excluding ortho intramolecular Hbond substituents is 1. The fraction of sp³-hybridized carbons (Fsp3) is 0.462. The first kappa shape index (κ1) is 13.2. The van der Waals surface area contributed by atoms with E-state index >= 15 is 0 Å². The van der Waals surface area contributed by atoms with Crippen molar-refractivity contribution in [3.63, 3.8) is 0 Å². The molecule has 3 N–H and O–H groups in total. The molecule has 0 bridgehead atoms. The van der Waals surface area contributed by atoms with Gasteiger partial charge in [-0.05, 0) is 44.5 Å². The number of benzene rings is 1. The van der Waals surface area contributed by atoms with Crippen LogP contribution in [0, 0.1) is 0 Å². The molecule has 1 aliphatic heterocycles. The molecule has 1 aliphatic rings. The Morgan fingerprint density at radius 3 is 3.06 bits per heavy atom. The van der Waals surface area contributed by atoms with E-state index in [-0.39, 0.29) is 17.7 Å². The topological polar surface area (TPSA) is 61.4 Å². The highest BCUT2D eigenvalue weighted by Gasteiger charge is 2.21. The lowest BCUT2D eigenvalue weighted by molar-refractivity contribution is 0.0925. The van der Waals surface area contributed by atoms with E-state index in [0.29, 0.717) is 16.6 Å². The average Bonchev–Trinajstić information content (AvgIpc) is 2.32. The average molecular weight is 269 g/mol. The molecule has 2 atom stereocenters. The highest BCUT2D eigenvalue weighted by atomic mass is 35.5. The predicted molar refractivity (Wildman–Crippen MR) is 71.1 cm³/mol. The molecule has 2 unspecified atom stereocenters. The molecule has 1 saturated heterocycles. The van der Waals surface area contributed by atoms with E-state index in [2.05, 4.69) is 17.6 Å². The molecule has 98 valence electrons. The molecule has 1 heterocycles. The van der Waals surface area contributed by atoms with Gasteiger partial charge in [-0.2, -0.15) is 0 Å². The van der Waals surface area contributed by atoms with Crippen molar-refractivity contribution in [1.82, 2.24) is 10.6 Å². The number of phenols is 1. The minimum absolute atomic E-state index is 0.0447. The molecule has 1 aromatic rings. The highest BCUT2D eigenvalue weighted by Crippen LogP contribution is 2.21. The van der Waals surface area contributed by atoms with Crippen molar-refractivity contribution >= 4 is 17.5 Å². The van der Waals surface area contributed by atoms with Crippen LogP contribution in [0.2, 0.25) is 5.02 Å². The second-order valence-corrected chi connectivity index (χ2v) is 5.12. The molecule has 0 aliphatic carbocycles. The van der Waals surface area contributed by atoms with Crippen molar-refractivity contribution in [3.05, 3.63) is 28.8 Å². The summed E-state index contributed by atoms with van der Waals surface area (Å²) < 4.78 is 0. The maximum atomic E-state index is 12.1. The maximum absolute atomic E-state index is 12.1. The lowest BCUT2D eigenvalue weighted by Gasteiger charge is -2.28. The van der Waals surface area contributed by atoms with Crippen LogP contribution in [0.3, 0.4) is 0 Å². The Hall–Kier alpha value is -1.26. The Balaban J connectivity index is 2.05. The summed E-state index contributed by atoms with van der Waals surface area (Å²) in [5, 5.41) is 16.0. The molecule has 1 fully saturated rings. The van der Waals surface area contributed by atoms with Gasteiger partial charge < -0.3 is 15.7 Å². The first-order valence-electron chi connectivity index (χ1n) is 6.09. The van der Waals surface area contributed by atoms with Crippen LogP contribution in [0.4, 0.5) is 0 Å². The number of carbonyl (C=O) groups excluding carboxylic acids is 1. The quantitative estimate of drug-likeness (QED) is 0.768. The Kier molecular flexibility index (Phi) is 4.09. The summed E-state index contributed by atoms with van der Waals surface area (Å²) in [6.45, 7) is 3.00. The number of halogens is 1. The van der Waals surface area contributed by atoms with Crippen molar-refractivity contribution in [2.45, 2.75) is 31.8 Å². The molecule has 0 saturated carbocycles. The van der Waals surface area contributed by atoms with Gasteiger partial charge in [0.1, 0.15) is 5.75 Å². The lowest BCUT2D eigenvalue weighted by Crippen LogP contribution is -2.46. The van der Waals surface area contributed by atoms with E-state index in [1.165, 1.54) is 18.2 Å². The molecule has 2 rings (SSSR count). The van der Waals surface area contributed by atoms with Crippen LogP contribution >= 0.6 is 11.6 Å². The first-order valence-corrected chi connectivity index (χ1v) is 6.47. The van der Waals surface area contributed by atoms with Gasteiger partial charge in [-0.15, -0.1) is 0 Å². The molecule has 0 aromatic heterocycles. The first-order chi connectivity index (χ1) is 8.56. The van der Waals surface area contributed by atoms with Crippen molar-refractivity contribution in [2.24, 2.45) is 0 Å². The van der Waals surface area contributed by atoms with Gasteiger partial charge in [0.15, 0.2) is 0 Å². The molecule has 4 nitrogen and oxygen atoms in total. The summed E-state index contributed by atoms with van der Waals surface area (Å²) in [7, 11) is 0. The van der Waals surface area contributed by atoms with Gasteiger partial charge >= 0.3 is 0 Å². The van der Waals surface area contributed by atoms with Gasteiger partial charge in [0.2, 0.25) is 0 Å². The zero-order valence-corrected chi connectivity index (χ0v) is 11.0. The van der Waals surface area contributed by atoms with Gasteiger partial charge in [0, 0.05) is 12.1 Å². The standard InChI is InChI=1S/C13H17ClN2O2/c1-8-6-9(4-5-15-8)16-13(18)11-7-10(17)2-3-12(11)14/h2-3,7-9,15,17H,4-6H2,1H3,(H,16,18). The van der Waals surface area contributed by atoms with Crippen LogP contribution in [0.1, 0.15) is 30.1 Å². The number of nitrogens with one attached hydrogen (secondary N) is 2. The zero-order valence-electron chi connectivity index (χ0n) is 10.2. The number of hydrogen-bond donors (Lipinski definition) is 3. The summed E-state index contributed by atoms with van der Waals surface area (Å²) in [4.78, 5) is 12.1. The Morgan fingerprint density at radius 1 is 1.56 bits per heavy atom. The Morgan fingerprint density at radius 2 is 2.33 bits per heavy atom. The summed E-state index contributed by atoms with van der Waals surface area (Å²) in [5.41, 5.74) is 0.322. The van der Waals surface area contributed by atoms with Crippen LogP contribution in [-0.4, -0.2) is 29.6 Å². The van der Waals surface area contributed by atoms with Crippen molar-refractivity contribution < 1.29 is 9.90 Å². The van der Waals surface area contributed by atoms with Gasteiger partial charge in [-0.3, -0.25) is 4.79 Å². The SMILES string of the molecule is CC1CC(NC(=O)c2cc(O)ccc2Cl)CCN1. The third-order valence-corrected chi connectivity index (χ3v) is 3.48. The van der Waals surface area contributed by atoms with Gasteiger partial charge in [-0.1, -0.05) is 11.6 Å². The van der Waals surface area contributed by atoms with Crippen LogP contribution < -0.4 is 10.6 Å². The van der Waals surface area contributed by atoms with E-state index in [1.54, 1.807) is 0 Å². The number of aromatic hydroxyl groups is 1. The number of hydrogen-bond acceptors (Lipinski definition) is 3. The summed E-state index contributed by atoms with van der Waals surface area (Å²) in [6, 6.07) is 4.95. The van der Waals surface area contributed by atoms with Crippen LogP contribution in [0.25, 0.3) is 0 Å². The molecular formula is C13H17ClN2O2. The minimum Gasteiger partial charge on any atom is -0.508 e. The van der Waals surface area contributed by atoms with Crippen LogP contribution in [0.5, 0.6) is 5.75 Å². The fourth-order valence-electron chi connectivity index (χ4n) is 2.21. The van der Waals surface area contributed by atoms with E-state index in [9.17, 15) is 9.90 Å². The fourth-order valence-corrected chi connectivity index (χ4v) is 2.42. The van der Waals surface area contributed by atoms with Gasteiger partial charge in [0.25, 0.3) is 5.91 Å². The van der Waals surface area contributed by atoms with Crippen LogP contribution in [-0.2, 0) is 0 Å². The Labute approximate surface area is 111 Å². The third kappa shape index (κ3) is 3.15. The second-order valence-electron chi connectivity index (χ2n) is 4.71. The second kappa shape index (κ2) is 5.59. The summed E-state index contributed by atoms with van der Waals surface area (Å²) in [5.74, 6) is -0.182. The third-order valence-electron chi connectivity index (χ3n) is 3.15. The largest absolute Gasteiger partial charge is 0.508 e. The molecule has 5 heteroatoms. The predicted octanol–water partition coefficient (Wildman–Crippen LogP) is 1.92. The monoisotopic (exact) mass is 268 g/mol. The van der Waals surface area contributed by atoms with E-state index in [4.69, 9.17) is 11.6 Å². The van der Waals surface area contributed by atoms with Crippen molar-refractivity contribution in [3.8, 4) is 5.75 Å². The van der Waals surface area contributed by atoms with E-state index in [0.717, 1.165) is 19.4 Å². The molecule has 1 amide bonds. The Bertz CT molecular complexity index is 451. The minimum atomic E-state index is -0.227. The number of rotatable bonds is 2.